The zero-order valence-corrected chi connectivity index (χ0v) is 15.8. The Kier molecular flexibility index (Phi) is 7.80. The van der Waals surface area contributed by atoms with Crippen LogP contribution in [0.25, 0.3) is 0 Å². The van der Waals surface area contributed by atoms with E-state index >= 15 is 0 Å². The van der Waals surface area contributed by atoms with E-state index in [4.69, 9.17) is 15.2 Å². The summed E-state index contributed by atoms with van der Waals surface area (Å²) in [6.45, 7) is 5.40. The topological polar surface area (TPSA) is 73.6 Å². The first-order valence-corrected chi connectivity index (χ1v) is 8.31. The summed E-state index contributed by atoms with van der Waals surface area (Å²) in [5, 5.41) is 2.97. The van der Waals surface area contributed by atoms with Crippen LogP contribution in [0.2, 0.25) is 0 Å². The van der Waals surface area contributed by atoms with Crippen LogP contribution in [0.4, 0.5) is 5.69 Å². The molecule has 1 amide bonds. The van der Waals surface area contributed by atoms with Gasteiger partial charge in [0.2, 0.25) is 5.91 Å². The number of carbonyl (C=O) groups excluding carboxylic acids is 1. The van der Waals surface area contributed by atoms with Gasteiger partial charge in [0.15, 0.2) is 0 Å². The Bertz CT molecular complexity index is 534. The average molecular weight is 408 g/mol. The van der Waals surface area contributed by atoms with Crippen LogP contribution >= 0.6 is 28.3 Å². The molecule has 1 fully saturated rings. The highest BCUT2D eigenvalue weighted by molar-refractivity contribution is 9.10. The Labute approximate surface area is 151 Å². The Hall–Kier alpha value is -0.820. The third-order valence-electron chi connectivity index (χ3n) is 3.82. The van der Waals surface area contributed by atoms with Crippen molar-refractivity contribution in [3.05, 3.63) is 22.7 Å². The lowest BCUT2D eigenvalue weighted by Crippen LogP contribution is -2.46. The molecule has 1 aliphatic rings. The largest absolute Gasteiger partial charge is 0.491 e. The molecule has 1 aliphatic heterocycles. The van der Waals surface area contributed by atoms with Gasteiger partial charge in [-0.3, -0.25) is 4.79 Å². The molecule has 0 saturated carbocycles. The maximum absolute atomic E-state index is 12.7. The van der Waals surface area contributed by atoms with Crippen LogP contribution in [0.15, 0.2) is 22.7 Å². The number of rotatable bonds is 5. The van der Waals surface area contributed by atoms with Gasteiger partial charge in [0, 0.05) is 36.0 Å². The van der Waals surface area contributed by atoms with Crippen molar-refractivity contribution in [1.29, 1.82) is 0 Å². The van der Waals surface area contributed by atoms with E-state index in [-0.39, 0.29) is 24.4 Å². The predicted octanol–water partition coefficient (Wildman–Crippen LogP) is 3.35. The van der Waals surface area contributed by atoms with Gasteiger partial charge in [0.25, 0.3) is 0 Å². The molecule has 130 valence electrons. The molecular weight excluding hydrogens is 384 g/mol. The molecule has 0 bridgehead atoms. The Morgan fingerprint density at radius 1 is 1.39 bits per heavy atom. The second kappa shape index (κ2) is 8.87. The fourth-order valence-electron chi connectivity index (χ4n) is 2.52. The zero-order chi connectivity index (χ0) is 16.2. The first-order valence-electron chi connectivity index (χ1n) is 7.52. The second-order valence-corrected chi connectivity index (χ2v) is 6.81. The molecule has 0 radical (unpaired) electrons. The van der Waals surface area contributed by atoms with E-state index in [1.165, 1.54) is 0 Å². The number of hydrogen-bond acceptors (Lipinski definition) is 4. The first-order chi connectivity index (χ1) is 10.4. The van der Waals surface area contributed by atoms with Crippen molar-refractivity contribution in [2.24, 2.45) is 11.1 Å². The minimum Gasteiger partial charge on any atom is -0.491 e. The van der Waals surface area contributed by atoms with E-state index in [0.29, 0.717) is 44.0 Å². The molecule has 0 atom stereocenters. The predicted molar refractivity (Wildman–Crippen MR) is 97.3 cm³/mol. The Balaban J connectivity index is 0.00000264. The van der Waals surface area contributed by atoms with Crippen LogP contribution in [0.1, 0.15) is 26.7 Å². The molecule has 0 aromatic heterocycles. The van der Waals surface area contributed by atoms with Crippen molar-refractivity contribution in [1.82, 2.24) is 0 Å². The molecule has 2 rings (SSSR count). The highest BCUT2D eigenvalue weighted by Crippen LogP contribution is 2.32. The number of amides is 1. The van der Waals surface area contributed by atoms with E-state index in [1.807, 2.05) is 32.0 Å². The number of anilines is 1. The third kappa shape index (κ3) is 5.35. The van der Waals surface area contributed by atoms with E-state index in [9.17, 15) is 4.79 Å². The van der Waals surface area contributed by atoms with Crippen molar-refractivity contribution in [3.8, 4) is 5.75 Å². The van der Waals surface area contributed by atoms with Gasteiger partial charge in [-0.05, 0) is 38.8 Å². The van der Waals surface area contributed by atoms with Gasteiger partial charge >= 0.3 is 0 Å². The molecule has 0 aliphatic carbocycles. The quantitative estimate of drug-likeness (QED) is 0.785. The average Bonchev–Trinajstić information content (AvgIpc) is 2.46. The van der Waals surface area contributed by atoms with Crippen molar-refractivity contribution >= 4 is 39.9 Å². The molecule has 3 N–H and O–H groups in total. The number of benzene rings is 1. The molecule has 23 heavy (non-hydrogen) atoms. The van der Waals surface area contributed by atoms with Gasteiger partial charge in [0.05, 0.1) is 11.5 Å². The monoisotopic (exact) mass is 406 g/mol. The standard InChI is InChI=1S/C16H23BrN2O3.ClH/c1-11(2)22-14-8-12(17)7-13(9-14)19-15(20)16(10-18)3-5-21-6-4-16;/h7-9,11H,3-6,10,18H2,1-2H3,(H,19,20);1H. The molecule has 1 aromatic rings. The summed E-state index contributed by atoms with van der Waals surface area (Å²) in [7, 11) is 0. The molecular formula is C16H24BrClN2O3. The Morgan fingerprint density at radius 3 is 2.61 bits per heavy atom. The van der Waals surface area contributed by atoms with Gasteiger partial charge in [-0.15, -0.1) is 12.4 Å². The number of carbonyl (C=O) groups is 1. The van der Waals surface area contributed by atoms with Crippen molar-refractivity contribution in [3.63, 3.8) is 0 Å². The smallest absolute Gasteiger partial charge is 0.232 e. The van der Waals surface area contributed by atoms with Crippen LogP contribution in [-0.4, -0.2) is 31.8 Å². The highest BCUT2D eigenvalue weighted by Gasteiger charge is 2.38. The van der Waals surface area contributed by atoms with Gasteiger partial charge in [-0.1, -0.05) is 15.9 Å². The van der Waals surface area contributed by atoms with Gasteiger partial charge in [-0.2, -0.15) is 0 Å². The number of ether oxygens (including phenoxy) is 2. The molecule has 7 heteroatoms. The number of nitrogens with two attached hydrogens (primary N) is 1. The minimum atomic E-state index is -0.542. The second-order valence-electron chi connectivity index (χ2n) is 5.89. The summed E-state index contributed by atoms with van der Waals surface area (Å²) in [5.74, 6) is 0.667. The number of hydrogen-bond donors (Lipinski definition) is 2. The van der Waals surface area contributed by atoms with Crippen molar-refractivity contribution in [2.75, 3.05) is 25.1 Å². The molecule has 1 heterocycles. The lowest BCUT2D eigenvalue weighted by Gasteiger charge is -2.34. The third-order valence-corrected chi connectivity index (χ3v) is 4.28. The van der Waals surface area contributed by atoms with Gasteiger partial charge < -0.3 is 20.5 Å². The van der Waals surface area contributed by atoms with E-state index in [2.05, 4.69) is 21.2 Å². The first kappa shape index (κ1) is 20.2. The molecule has 1 saturated heterocycles. The fourth-order valence-corrected chi connectivity index (χ4v) is 3.00. The summed E-state index contributed by atoms with van der Waals surface area (Å²) in [4.78, 5) is 12.7. The van der Waals surface area contributed by atoms with Crippen LogP contribution in [0.5, 0.6) is 5.75 Å². The van der Waals surface area contributed by atoms with Crippen molar-refractivity contribution < 1.29 is 14.3 Å². The number of halogens is 2. The van der Waals surface area contributed by atoms with E-state index in [0.717, 1.165) is 4.47 Å². The van der Waals surface area contributed by atoms with E-state index < -0.39 is 5.41 Å². The lowest BCUT2D eigenvalue weighted by atomic mass is 9.79. The molecule has 0 unspecified atom stereocenters. The highest BCUT2D eigenvalue weighted by atomic mass is 79.9. The normalized spacial score (nSPS) is 16.6. The molecule has 0 spiro atoms. The summed E-state index contributed by atoms with van der Waals surface area (Å²) in [6.07, 6.45) is 1.38. The summed E-state index contributed by atoms with van der Waals surface area (Å²) in [5.41, 5.74) is 6.03. The maximum atomic E-state index is 12.7. The van der Waals surface area contributed by atoms with Gasteiger partial charge in [-0.25, -0.2) is 0 Å². The molecule has 1 aromatic carbocycles. The Morgan fingerprint density at radius 2 is 2.04 bits per heavy atom. The van der Waals surface area contributed by atoms with Gasteiger partial charge in [0.1, 0.15) is 5.75 Å². The van der Waals surface area contributed by atoms with Crippen molar-refractivity contribution in [2.45, 2.75) is 32.8 Å². The van der Waals surface area contributed by atoms with Crippen LogP contribution in [-0.2, 0) is 9.53 Å². The SMILES string of the molecule is CC(C)Oc1cc(Br)cc(NC(=O)C2(CN)CCOCC2)c1.Cl. The maximum Gasteiger partial charge on any atom is 0.232 e. The fraction of sp³-hybridized carbons (Fsp3) is 0.562. The summed E-state index contributed by atoms with van der Waals surface area (Å²) < 4.78 is 11.9. The summed E-state index contributed by atoms with van der Waals surface area (Å²) >= 11 is 3.44. The number of nitrogens with one attached hydrogen (secondary N) is 1. The van der Waals surface area contributed by atoms with E-state index in [1.54, 1.807) is 0 Å². The zero-order valence-electron chi connectivity index (χ0n) is 13.4. The molecule has 5 nitrogen and oxygen atoms in total. The summed E-state index contributed by atoms with van der Waals surface area (Å²) in [6, 6.07) is 5.56. The van der Waals surface area contributed by atoms with Crippen LogP contribution < -0.4 is 15.8 Å². The van der Waals surface area contributed by atoms with Crippen LogP contribution in [0, 0.1) is 5.41 Å². The minimum absolute atomic E-state index is 0. The lowest BCUT2D eigenvalue weighted by molar-refractivity contribution is -0.130. The van der Waals surface area contributed by atoms with Crippen LogP contribution in [0.3, 0.4) is 0 Å².